The minimum absolute atomic E-state index is 0.141. The summed E-state index contributed by atoms with van der Waals surface area (Å²) in [6.07, 6.45) is 0. The average molecular weight is 419 g/mol. The van der Waals surface area contributed by atoms with E-state index in [1.165, 1.54) is 18.2 Å². The molecule has 0 spiro atoms. The average Bonchev–Trinajstić information content (AvgIpc) is 2.74. The first kappa shape index (κ1) is 19.8. The van der Waals surface area contributed by atoms with Gasteiger partial charge in [-0.25, -0.2) is 4.39 Å². The van der Waals surface area contributed by atoms with Crippen LogP contribution in [0.25, 0.3) is 0 Å². The van der Waals surface area contributed by atoms with Crippen molar-refractivity contribution in [1.29, 1.82) is 0 Å². The number of nitrogens with zero attached hydrogens (tertiary/aromatic N) is 6. The zero-order valence-electron chi connectivity index (χ0n) is 16.4. The molecule has 9 heteroatoms. The van der Waals surface area contributed by atoms with E-state index in [-0.39, 0.29) is 10.9 Å². The number of piperazine rings is 2. The van der Waals surface area contributed by atoms with Crippen LogP contribution in [0.3, 0.4) is 0 Å². The first-order valence-electron chi connectivity index (χ1n) is 9.78. The largest absolute Gasteiger partial charge is 0.353 e. The number of aromatic nitrogens is 2. The summed E-state index contributed by atoms with van der Waals surface area (Å²) >= 11 is 6.03. The van der Waals surface area contributed by atoms with Crippen molar-refractivity contribution < 1.29 is 9.18 Å². The molecule has 29 heavy (non-hydrogen) atoms. The van der Waals surface area contributed by atoms with Crippen LogP contribution in [0, 0.1) is 5.82 Å². The van der Waals surface area contributed by atoms with E-state index in [4.69, 9.17) is 11.6 Å². The molecule has 0 radical (unpaired) electrons. The second-order valence-electron chi connectivity index (χ2n) is 7.44. The molecule has 2 aromatic rings. The number of hydrogen-bond donors (Lipinski definition) is 0. The third-order valence-corrected chi connectivity index (χ3v) is 5.83. The van der Waals surface area contributed by atoms with E-state index in [1.807, 2.05) is 12.1 Å². The fraction of sp³-hybridized carbons (Fsp3) is 0.450. The summed E-state index contributed by atoms with van der Waals surface area (Å²) in [6.45, 7) is 6.38. The van der Waals surface area contributed by atoms with Crippen LogP contribution < -0.4 is 9.80 Å². The lowest BCUT2D eigenvalue weighted by Crippen LogP contribution is -2.49. The van der Waals surface area contributed by atoms with Gasteiger partial charge in [0.1, 0.15) is 5.82 Å². The van der Waals surface area contributed by atoms with Gasteiger partial charge >= 0.3 is 0 Å². The minimum Gasteiger partial charge on any atom is -0.353 e. The molecule has 7 nitrogen and oxygen atoms in total. The number of likely N-dealkylation sites (N-methyl/N-ethyl adjacent to an activating group) is 1. The van der Waals surface area contributed by atoms with Crippen LogP contribution in [-0.4, -0.2) is 85.3 Å². The van der Waals surface area contributed by atoms with Crippen molar-refractivity contribution in [1.82, 2.24) is 20.0 Å². The molecule has 0 unspecified atom stereocenters. The Morgan fingerprint density at radius 2 is 1.45 bits per heavy atom. The lowest BCUT2D eigenvalue weighted by molar-refractivity contribution is 0.0746. The van der Waals surface area contributed by atoms with Crippen molar-refractivity contribution in [3.8, 4) is 0 Å². The third kappa shape index (κ3) is 4.43. The zero-order chi connectivity index (χ0) is 20.4. The van der Waals surface area contributed by atoms with E-state index < -0.39 is 5.82 Å². The van der Waals surface area contributed by atoms with Gasteiger partial charge in [-0.15, -0.1) is 10.2 Å². The van der Waals surface area contributed by atoms with Crippen LogP contribution in [0.5, 0.6) is 0 Å². The normalized spacial score (nSPS) is 18.2. The van der Waals surface area contributed by atoms with Crippen LogP contribution in [0.15, 0.2) is 30.3 Å². The molecule has 154 valence electrons. The summed E-state index contributed by atoms with van der Waals surface area (Å²) in [5.41, 5.74) is 0.331. The second-order valence-corrected chi connectivity index (χ2v) is 7.85. The highest BCUT2D eigenvalue weighted by Crippen LogP contribution is 2.21. The summed E-state index contributed by atoms with van der Waals surface area (Å²) in [6, 6.07) is 7.88. The number of amides is 1. The lowest BCUT2D eigenvalue weighted by atomic mass is 10.1. The molecule has 2 saturated heterocycles. The van der Waals surface area contributed by atoms with Crippen molar-refractivity contribution in [3.05, 3.63) is 46.7 Å². The first-order chi connectivity index (χ1) is 14.0. The highest BCUT2D eigenvalue weighted by Gasteiger charge is 2.25. The monoisotopic (exact) mass is 418 g/mol. The Morgan fingerprint density at radius 3 is 1.97 bits per heavy atom. The molecule has 4 rings (SSSR count). The molecule has 1 aromatic heterocycles. The maximum absolute atomic E-state index is 13.2. The number of carbonyl (C=O) groups is 1. The van der Waals surface area contributed by atoms with Crippen LogP contribution in [-0.2, 0) is 0 Å². The van der Waals surface area contributed by atoms with Gasteiger partial charge in [0.05, 0.1) is 10.6 Å². The van der Waals surface area contributed by atoms with Gasteiger partial charge in [0.25, 0.3) is 5.91 Å². The van der Waals surface area contributed by atoms with Gasteiger partial charge < -0.3 is 19.6 Å². The van der Waals surface area contributed by atoms with Gasteiger partial charge in [-0.1, -0.05) is 11.6 Å². The van der Waals surface area contributed by atoms with Crippen LogP contribution in [0.2, 0.25) is 5.02 Å². The Labute approximate surface area is 174 Å². The maximum Gasteiger partial charge on any atom is 0.255 e. The quantitative estimate of drug-likeness (QED) is 0.759. The number of carbonyl (C=O) groups excluding carboxylic acids is 1. The van der Waals surface area contributed by atoms with Crippen molar-refractivity contribution in [2.75, 3.05) is 69.2 Å². The lowest BCUT2D eigenvalue weighted by Gasteiger charge is -2.36. The SMILES string of the molecule is CN1CCN(c2ccc(N3CCN(C(=O)c4ccc(F)cc4Cl)CC3)nn2)CC1. The molecule has 1 amide bonds. The molecule has 0 saturated carbocycles. The number of rotatable bonds is 3. The predicted octanol–water partition coefficient (Wildman–Crippen LogP) is 1.98. The Hall–Kier alpha value is -2.45. The Kier molecular flexibility index (Phi) is 5.82. The molecule has 0 aliphatic carbocycles. The zero-order valence-corrected chi connectivity index (χ0v) is 17.1. The van der Waals surface area contributed by atoms with E-state index in [0.29, 0.717) is 31.7 Å². The van der Waals surface area contributed by atoms with Crippen LogP contribution in [0.4, 0.5) is 16.0 Å². The summed E-state index contributed by atoms with van der Waals surface area (Å²) in [5, 5.41) is 8.95. The number of hydrogen-bond acceptors (Lipinski definition) is 6. The van der Waals surface area contributed by atoms with Gasteiger partial charge in [0.15, 0.2) is 11.6 Å². The molecule has 0 bridgehead atoms. The second kappa shape index (κ2) is 8.51. The Balaban J connectivity index is 1.35. The maximum atomic E-state index is 13.2. The van der Waals surface area contributed by atoms with E-state index >= 15 is 0 Å². The molecular formula is C20H24ClFN6O. The summed E-state index contributed by atoms with van der Waals surface area (Å²) in [4.78, 5) is 21.1. The number of halogens is 2. The van der Waals surface area contributed by atoms with E-state index in [9.17, 15) is 9.18 Å². The topological polar surface area (TPSA) is 55.8 Å². The standard InChI is InChI=1S/C20H24ClFN6O/c1-25-6-8-26(9-7-25)18-4-5-19(24-23-18)27-10-12-28(13-11-27)20(29)16-3-2-15(22)14-17(16)21/h2-5,14H,6-13H2,1H3. The Morgan fingerprint density at radius 1 is 0.897 bits per heavy atom. The smallest absolute Gasteiger partial charge is 0.255 e. The predicted molar refractivity (Wildman–Crippen MR) is 111 cm³/mol. The van der Waals surface area contributed by atoms with E-state index in [0.717, 1.165) is 37.8 Å². The molecular weight excluding hydrogens is 395 g/mol. The fourth-order valence-electron chi connectivity index (χ4n) is 3.66. The van der Waals surface area contributed by atoms with Gasteiger partial charge in [0, 0.05) is 52.4 Å². The highest BCUT2D eigenvalue weighted by molar-refractivity contribution is 6.33. The molecule has 2 aliphatic heterocycles. The first-order valence-corrected chi connectivity index (χ1v) is 10.2. The van der Waals surface area contributed by atoms with Gasteiger partial charge in [-0.05, 0) is 37.4 Å². The summed E-state index contributed by atoms with van der Waals surface area (Å²) in [5.74, 6) is 1.09. The minimum atomic E-state index is -0.449. The third-order valence-electron chi connectivity index (χ3n) is 5.52. The van der Waals surface area contributed by atoms with Crippen LogP contribution in [0.1, 0.15) is 10.4 Å². The van der Waals surface area contributed by atoms with Crippen molar-refractivity contribution in [2.24, 2.45) is 0 Å². The molecule has 1 aromatic carbocycles. The molecule has 0 atom stereocenters. The van der Waals surface area contributed by atoms with Gasteiger partial charge in [-0.2, -0.15) is 0 Å². The van der Waals surface area contributed by atoms with Gasteiger partial charge in [0.2, 0.25) is 0 Å². The van der Waals surface area contributed by atoms with Crippen molar-refractivity contribution in [3.63, 3.8) is 0 Å². The summed E-state index contributed by atoms with van der Waals surface area (Å²) in [7, 11) is 2.13. The van der Waals surface area contributed by atoms with E-state index in [1.54, 1.807) is 4.90 Å². The van der Waals surface area contributed by atoms with Crippen molar-refractivity contribution >= 4 is 29.1 Å². The van der Waals surface area contributed by atoms with Crippen LogP contribution >= 0.6 is 11.6 Å². The highest BCUT2D eigenvalue weighted by atomic mass is 35.5. The number of anilines is 2. The van der Waals surface area contributed by atoms with E-state index in [2.05, 4.69) is 31.9 Å². The van der Waals surface area contributed by atoms with Gasteiger partial charge in [-0.3, -0.25) is 4.79 Å². The number of benzene rings is 1. The molecule has 2 aliphatic rings. The molecule has 2 fully saturated rings. The Bertz CT molecular complexity index is 864. The fourth-order valence-corrected chi connectivity index (χ4v) is 3.91. The van der Waals surface area contributed by atoms with Crippen molar-refractivity contribution in [2.45, 2.75) is 0 Å². The summed E-state index contributed by atoms with van der Waals surface area (Å²) < 4.78 is 13.2. The molecule has 3 heterocycles. The molecule has 0 N–H and O–H groups in total.